The molecule has 180 valence electrons. The number of phosphoric ester groups is 1. The van der Waals surface area contributed by atoms with Crippen LogP contribution >= 0.6 is 31.2 Å². The van der Waals surface area contributed by atoms with Crippen molar-refractivity contribution in [1.29, 1.82) is 0 Å². The zero-order chi connectivity index (χ0) is 23.5. The molecular weight excluding hydrogens is 471 g/mol. The van der Waals surface area contributed by atoms with Gasteiger partial charge < -0.3 is 30.1 Å². The normalized spacial score (nSPS) is 35.8. The van der Waals surface area contributed by atoms with Crippen molar-refractivity contribution in [2.75, 3.05) is 19.8 Å². The van der Waals surface area contributed by atoms with Crippen LogP contribution in [0.1, 0.15) is 26.7 Å². The summed E-state index contributed by atoms with van der Waals surface area (Å²) in [5, 5.41) is 23.3. The fraction of sp³-hybridized carbons (Fsp3) is 0.833. The van der Waals surface area contributed by atoms with Crippen LogP contribution in [-0.2, 0) is 18.6 Å². The Morgan fingerprint density at radius 3 is 2.61 bits per heavy atom. The van der Waals surface area contributed by atoms with E-state index in [0.29, 0.717) is 13.0 Å². The molecule has 13 heteroatoms. The summed E-state index contributed by atoms with van der Waals surface area (Å²) in [5.74, 6) is -0.279. The summed E-state index contributed by atoms with van der Waals surface area (Å²) in [4.78, 5) is 33.1. The molecule has 0 spiro atoms. The number of carbonyl (C=O) groups is 1. The highest BCUT2D eigenvalue weighted by Crippen LogP contribution is 2.43. The second-order valence-electron chi connectivity index (χ2n) is 7.86. The first-order chi connectivity index (χ1) is 14.4. The van der Waals surface area contributed by atoms with Gasteiger partial charge in [-0.2, -0.15) is 0 Å². The lowest BCUT2D eigenvalue weighted by Gasteiger charge is -2.45. The van der Waals surface area contributed by atoms with Crippen LogP contribution in [0, 0.1) is 0 Å². The fourth-order valence-electron chi connectivity index (χ4n) is 3.97. The van der Waals surface area contributed by atoms with Gasteiger partial charge in [-0.25, -0.2) is 4.57 Å². The Hall–Kier alpha value is -0.200. The highest BCUT2D eigenvalue weighted by molar-refractivity contribution is 7.99. The molecule has 8 atom stereocenters. The minimum absolute atomic E-state index is 0.279. The molecule has 2 fully saturated rings. The van der Waals surface area contributed by atoms with Crippen molar-refractivity contribution >= 4 is 37.1 Å². The molecule has 2 aliphatic heterocycles. The van der Waals surface area contributed by atoms with Gasteiger partial charge in [0.05, 0.1) is 17.5 Å². The molecule has 0 unspecified atom stereocenters. The van der Waals surface area contributed by atoms with Gasteiger partial charge in [0.25, 0.3) is 0 Å². The van der Waals surface area contributed by atoms with Gasteiger partial charge in [0.15, 0.2) is 0 Å². The minimum atomic E-state index is -4.94. The lowest BCUT2D eigenvalue weighted by Crippen LogP contribution is -2.65. The maximum absolute atomic E-state index is 13.0. The van der Waals surface area contributed by atoms with E-state index in [1.165, 1.54) is 5.57 Å². The molecule has 2 heterocycles. The fourth-order valence-corrected chi connectivity index (χ4v) is 5.53. The van der Waals surface area contributed by atoms with Crippen molar-refractivity contribution in [1.82, 2.24) is 10.2 Å². The number of alkyl halides is 1. The Labute approximate surface area is 191 Å². The molecule has 31 heavy (non-hydrogen) atoms. The summed E-state index contributed by atoms with van der Waals surface area (Å²) in [6, 6.07) is -1.26. The molecule has 2 rings (SSSR count). The molecule has 5 N–H and O–H groups in total. The smallest absolute Gasteiger partial charge is 0.388 e. The number of carbonyl (C=O) groups excluding carboxylic acids is 1. The standard InChI is InChI=1S/C18H32ClN2O8PS/c1-5-6-10-7-11(21(3)8-10)17(24)20-12(9(2)19)15-13(22)14(23)16(18(28-15)31-4)29-30(25,26)27/h6,9,11-16,18,22-23H,5,7-8H2,1-4H3,(H,20,24)(H2,25,26,27)/b10-6-/t9-,11-,12+,13+,14-,15+,16+,18+/m0/s1. The maximum atomic E-state index is 13.0. The van der Waals surface area contributed by atoms with E-state index in [4.69, 9.17) is 26.1 Å². The van der Waals surface area contributed by atoms with E-state index in [1.807, 2.05) is 18.9 Å². The van der Waals surface area contributed by atoms with E-state index in [0.717, 1.165) is 18.2 Å². The molecule has 0 aromatic rings. The third-order valence-corrected chi connectivity index (χ3v) is 7.10. The van der Waals surface area contributed by atoms with Crippen LogP contribution < -0.4 is 5.32 Å². The van der Waals surface area contributed by atoms with Crippen molar-refractivity contribution < 1.29 is 38.6 Å². The molecule has 2 aliphatic rings. The number of halogens is 1. The molecule has 0 aliphatic carbocycles. The summed E-state index contributed by atoms with van der Waals surface area (Å²) in [5.41, 5.74) is 0.170. The van der Waals surface area contributed by atoms with E-state index in [1.54, 1.807) is 13.2 Å². The molecule has 2 saturated heterocycles. The predicted octanol–water partition coefficient (Wildman–Crippen LogP) is 0.427. The van der Waals surface area contributed by atoms with Crippen LogP contribution in [0.5, 0.6) is 0 Å². The zero-order valence-electron chi connectivity index (χ0n) is 17.9. The number of nitrogens with zero attached hydrogens (tertiary/aromatic N) is 1. The Bertz CT molecular complexity index is 706. The Balaban J connectivity index is 2.18. The number of rotatable bonds is 8. The average molecular weight is 503 g/mol. The zero-order valence-corrected chi connectivity index (χ0v) is 20.4. The summed E-state index contributed by atoms with van der Waals surface area (Å²) in [6.07, 6.45) is -0.663. The van der Waals surface area contributed by atoms with Crippen LogP contribution in [0.15, 0.2) is 11.6 Å². The Morgan fingerprint density at radius 2 is 2.10 bits per heavy atom. The summed E-state index contributed by atoms with van der Waals surface area (Å²) < 4.78 is 21.7. The monoisotopic (exact) mass is 502 g/mol. The number of ether oxygens (including phenoxy) is 1. The maximum Gasteiger partial charge on any atom is 0.470 e. The van der Waals surface area contributed by atoms with Crippen LogP contribution in [0.2, 0.25) is 0 Å². The van der Waals surface area contributed by atoms with Crippen molar-refractivity contribution in [3.05, 3.63) is 11.6 Å². The first-order valence-corrected chi connectivity index (χ1v) is 13.3. The number of thioether (sulfide) groups is 1. The Morgan fingerprint density at radius 1 is 1.45 bits per heavy atom. The van der Waals surface area contributed by atoms with E-state index < -0.39 is 55.1 Å². The number of allylic oxidation sites excluding steroid dienone is 1. The third kappa shape index (κ3) is 6.89. The van der Waals surface area contributed by atoms with Crippen molar-refractivity contribution in [2.24, 2.45) is 0 Å². The van der Waals surface area contributed by atoms with Gasteiger partial charge in [0, 0.05) is 6.54 Å². The first kappa shape index (κ1) is 27.0. The molecule has 0 radical (unpaired) electrons. The van der Waals surface area contributed by atoms with Gasteiger partial charge in [-0.15, -0.1) is 23.4 Å². The van der Waals surface area contributed by atoms with Crippen LogP contribution in [-0.4, -0.2) is 98.0 Å². The summed E-state index contributed by atoms with van der Waals surface area (Å²) >= 11 is 7.36. The molecule has 0 aromatic heterocycles. The van der Waals surface area contributed by atoms with E-state index in [2.05, 4.69) is 15.9 Å². The average Bonchev–Trinajstić information content (AvgIpc) is 3.03. The van der Waals surface area contributed by atoms with Gasteiger partial charge in [-0.3, -0.25) is 14.2 Å². The summed E-state index contributed by atoms with van der Waals surface area (Å²) in [6.45, 7) is 4.34. The number of nitrogens with one attached hydrogen (secondary N) is 1. The number of hydrogen-bond donors (Lipinski definition) is 5. The van der Waals surface area contributed by atoms with Crippen molar-refractivity contribution in [3.8, 4) is 0 Å². The van der Waals surface area contributed by atoms with E-state index in [-0.39, 0.29) is 5.91 Å². The van der Waals surface area contributed by atoms with Gasteiger partial charge in [0.2, 0.25) is 5.91 Å². The van der Waals surface area contributed by atoms with Crippen molar-refractivity contribution in [3.63, 3.8) is 0 Å². The van der Waals surface area contributed by atoms with E-state index in [9.17, 15) is 19.6 Å². The van der Waals surface area contributed by atoms with Gasteiger partial charge in [-0.1, -0.05) is 18.6 Å². The minimum Gasteiger partial charge on any atom is -0.388 e. The second-order valence-corrected chi connectivity index (χ2v) is 10.7. The third-order valence-electron chi connectivity index (χ3n) is 5.47. The molecule has 1 amide bonds. The second kappa shape index (κ2) is 11.3. The topological polar surface area (TPSA) is 149 Å². The predicted molar refractivity (Wildman–Crippen MR) is 118 cm³/mol. The number of amides is 1. The lowest BCUT2D eigenvalue weighted by molar-refractivity contribution is -0.201. The van der Waals surface area contributed by atoms with Crippen LogP contribution in [0.25, 0.3) is 0 Å². The van der Waals surface area contributed by atoms with Crippen LogP contribution in [0.4, 0.5) is 0 Å². The van der Waals surface area contributed by atoms with Crippen LogP contribution in [0.3, 0.4) is 0 Å². The van der Waals surface area contributed by atoms with Gasteiger partial charge >= 0.3 is 7.82 Å². The SMILES string of the molecule is CC/C=C1/C[C@@H](C(=O)N[C@@H]([C@H]2O[C@H](SC)[C@H](OP(=O)(O)O)[C@@H](O)[C@H]2O)[C@H](C)Cl)N(C)C1. The number of phosphoric acid groups is 1. The van der Waals surface area contributed by atoms with Crippen molar-refractivity contribution in [2.45, 2.75) is 74.0 Å². The highest BCUT2D eigenvalue weighted by atomic mass is 35.5. The number of aliphatic hydroxyl groups excluding tert-OH is 2. The number of hydrogen-bond acceptors (Lipinski definition) is 8. The quantitative estimate of drug-likeness (QED) is 0.180. The van der Waals surface area contributed by atoms with Gasteiger partial charge in [0.1, 0.15) is 29.9 Å². The first-order valence-electron chi connectivity index (χ1n) is 10.0. The van der Waals surface area contributed by atoms with E-state index >= 15 is 0 Å². The van der Waals surface area contributed by atoms with Gasteiger partial charge in [-0.05, 0) is 33.1 Å². The molecule has 10 nitrogen and oxygen atoms in total. The molecular formula is C18H32ClN2O8PS. The number of aliphatic hydroxyl groups is 2. The largest absolute Gasteiger partial charge is 0.470 e. The molecule has 0 saturated carbocycles. The Kier molecular flexibility index (Phi) is 9.85. The summed E-state index contributed by atoms with van der Waals surface area (Å²) in [7, 11) is -3.09. The molecule has 0 bridgehead atoms. The number of likely N-dealkylation sites (tertiary alicyclic amines) is 1. The highest BCUT2D eigenvalue weighted by Gasteiger charge is 2.51. The molecule has 0 aromatic carbocycles. The number of likely N-dealkylation sites (N-methyl/N-ethyl adjacent to an activating group) is 1. The lowest BCUT2D eigenvalue weighted by atomic mass is 9.93.